The lowest BCUT2D eigenvalue weighted by Gasteiger charge is -2.24. The second-order valence-electron chi connectivity index (χ2n) is 6.83. The normalized spacial score (nSPS) is 15.7. The molecule has 1 aliphatic rings. The molecule has 0 spiro atoms. The van der Waals surface area contributed by atoms with Gasteiger partial charge in [0.05, 0.1) is 18.8 Å². The van der Waals surface area contributed by atoms with Crippen LogP contribution >= 0.6 is 0 Å². The van der Waals surface area contributed by atoms with Gasteiger partial charge in [-0.05, 0) is 37.0 Å². The Morgan fingerprint density at radius 2 is 1.86 bits per heavy atom. The van der Waals surface area contributed by atoms with E-state index in [0.717, 1.165) is 48.2 Å². The monoisotopic (exact) mass is 382 g/mol. The van der Waals surface area contributed by atoms with Gasteiger partial charge in [-0.15, -0.1) is 0 Å². The number of para-hydroxylation sites is 1. The molecule has 28 heavy (non-hydrogen) atoms. The molecule has 7 heteroatoms. The highest BCUT2D eigenvalue weighted by molar-refractivity contribution is 5.89. The van der Waals surface area contributed by atoms with Gasteiger partial charge < -0.3 is 10.6 Å². The lowest BCUT2D eigenvalue weighted by molar-refractivity contribution is 0.246. The minimum Gasteiger partial charge on any atom is -0.331 e. The zero-order valence-corrected chi connectivity index (χ0v) is 15.2. The van der Waals surface area contributed by atoms with Crippen LogP contribution in [0.4, 0.5) is 19.3 Å². The van der Waals surface area contributed by atoms with Gasteiger partial charge >= 0.3 is 6.03 Å². The SMILES string of the molecule is O=C(Nc1c(F)cccc1F)N[C@H]1CCCc2c1cnn2Cc1ccccc1. The first-order valence-electron chi connectivity index (χ1n) is 9.22. The van der Waals surface area contributed by atoms with Crippen LogP contribution in [0.5, 0.6) is 0 Å². The van der Waals surface area contributed by atoms with Gasteiger partial charge in [-0.2, -0.15) is 5.10 Å². The summed E-state index contributed by atoms with van der Waals surface area (Å²) in [5.74, 6) is -1.62. The van der Waals surface area contributed by atoms with Crippen LogP contribution in [-0.2, 0) is 13.0 Å². The van der Waals surface area contributed by atoms with E-state index in [-0.39, 0.29) is 6.04 Å². The Morgan fingerprint density at radius 3 is 2.61 bits per heavy atom. The van der Waals surface area contributed by atoms with Crippen molar-refractivity contribution in [3.63, 3.8) is 0 Å². The van der Waals surface area contributed by atoms with Gasteiger partial charge in [-0.1, -0.05) is 36.4 Å². The highest BCUT2D eigenvalue weighted by Gasteiger charge is 2.26. The molecular formula is C21H20F2N4O. The van der Waals surface area contributed by atoms with Crippen molar-refractivity contribution in [2.75, 3.05) is 5.32 Å². The summed E-state index contributed by atoms with van der Waals surface area (Å²) in [6.45, 7) is 0.662. The minimum absolute atomic E-state index is 0.247. The second-order valence-corrected chi connectivity index (χ2v) is 6.83. The Morgan fingerprint density at radius 1 is 1.11 bits per heavy atom. The van der Waals surface area contributed by atoms with Gasteiger partial charge in [0.1, 0.15) is 17.3 Å². The third-order valence-electron chi connectivity index (χ3n) is 4.94. The van der Waals surface area contributed by atoms with Gasteiger partial charge in [-0.3, -0.25) is 4.68 Å². The first-order valence-corrected chi connectivity index (χ1v) is 9.22. The van der Waals surface area contributed by atoms with Crippen LogP contribution < -0.4 is 10.6 Å². The van der Waals surface area contributed by atoms with Gasteiger partial charge in [0.15, 0.2) is 0 Å². The molecule has 5 nitrogen and oxygen atoms in total. The maximum Gasteiger partial charge on any atom is 0.319 e. The number of aromatic nitrogens is 2. The van der Waals surface area contributed by atoms with Gasteiger partial charge in [0, 0.05) is 11.3 Å². The maximum absolute atomic E-state index is 13.7. The highest BCUT2D eigenvalue weighted by Crippen LogP contribution is 2.30. The summed E-state index contributed by atoms with van der Waals surface area (Å²) >= 11 is 0. The summed E-state index contributed by atoms with van der Waals surface area (Å²) in [6.07, 6.45) is 4.29. The molecule has 0 bridgehead atoms. The Bertz CT molecular complexity index is 967. The molecular weight excluding hydrogens is 362 g/mol. The molecule has 1 aromatic heterocycles. The van der Waals surface area contributed by atoms with Crippen LogP contribution in [0.2, 0.25) is 0 Å². The number of carbonyl (C=O) groups is 1. The summed E-state index contributed by atoms with van der Waals surface area (Å²) in [6, 6.07) is 12.6. The number of fused-ring (bicyclic) bond motifs is 1. The summed E-state index contributed by atoms with van der Waals surface area (Å²) in [7, 11) is 0. The minimum atomic E-state index is -0.810. The Kier molecular flexibility index (Phi) is 5.06. The van der Waals surface area contributed by atoms with E-state index in [1.807, 2.05) is 35.0 Å². The fraction of sp³-hybridized carbons (Fsp3) is 0.238. The molecule has 2 amide bonds. The van der Waals surface area contributed by atoms with Crippen LogP contribution in [0.3, 0.4) is 0 Å². The summed E-state index contributed by atoms with van der Waals surface area (Å²) in [4.78, 5) is 12.3. The number of urea groups is 1. The molecule has 0 radical (unpaired) electrons. The van der Waals surface area contributed by atoms with Crippen LogP contribution in [-0.4, -0.2) is 15.8 Å². The van der Waals surface area contributed by atoms with Crippen LogP contribution in [0.1, 0.15) is 35.7 Å². The highest BCUT2D eigenvalue weighted by atomic mass is 19.1. The third-order valence-corrected chi connectivity index (χ3v) is 4.94. The van der Waals surface area contributed by atoms with Crippen molar-refractivity contribution >= 4 is 11.7 Å². The van der Waals surface area contributed by atoms with Crippen molar-refractivity contribution in [3.8, 4) is 0 Å². The molecule has 0 saturated carbocycles. The van der Waals surface area contributed by atoms with E-state index >= 15 is 0 Å². The predicted molar refractivity (Wildman–Crippen MR) is 102 cm³/mol. The number of hydrogen-bond donors (Lipinski definition) is 2. The number of amides is 2. The van der Waals surface area contributed by atoms with Gasteiger partial charge in [-0.25, -0.2) is 13.6 Å². The number of hydrogen-bond acceptors (Lipinski definition) is 2. The molecule has 4 rings (SSSR count). The number of rotatable bonds is 4. The van der Waals surface area contributed by atoms with E-state index in [4.69, 9.17) is 0 Å². The predicted octanol–water partition coefficient (Wildman–Crippen LogP) is 4.41. The number of nitrogens with one attached hydrogen (secondary N) is 2. The van der Waals surface area contributed by atoms with Gasteiger partial charge in [0.25, 0.3) is 0 Å². The van der Waals surface area contributed by atoms with Crippen molar-refractivity contribution in [1.29, 1.82) is 0 Å². The Hall–Kier alpha value is -3.22. The molecule has 144 valence electrons. The van der Waals surface area contributed by atoms with E-state index in [9.17, 15) is 13.6 Å². The molecule has 2 aromatic carbocycles. The second kappa shape index (κ2) is 7.80. The average molecular weight is 382 g/mol. The summed E-state index contributed by atoms with van der Waals surface area (Å²) in [5.41, 5.74) is 2.73. The van der Waals surface area contributed by atoms with E-state index < -0.39 is 23.4 Å². The number of halogens is 2. The van der Waals surface area contributed by atoms with Crippen LogP contribution in [0.25, 0.3) is 0 Å². The standard InChI is InChI=1S/C21H20F2N4O/c22-16-8-4-9-17(23)20(16)26-21(28)25-18-10-5-11-19-15(18)12-24-27(19)13-14-6-2-1-3-7-14/h1-4,6-9,12,18H,5,10-11,13H2,(H2,25,26,28)/t18-/m0/s1. The topological polar surface area (TPSA) is 59.0 Å². The molecule has 1 aliphatic carbocycles. The first kappa shape index (κ1) is 18.2. The fourth-order valence-electron chi connectivity index (χ4n) is 3.59. The van der Waals surface area contributed by atoms with Crippen molar-refractivity contribution in [1.82, 2.24) is 15.1 Å². The largest absolute Gasteiger partial charge is 0.331 e. The maximum atomic E-state index is 13.7. The zero-order chi connectivity index (χ0) is 19.5. The zero-order valence-electron chi connectivity index (χ0n) is 15.2. The van der Waals surface area contributed by atoms with E-state index in [1.54, 1.807) is 6.20 Å². The molecule has 0 unspecified atom stereocenters. The van der Waals surface area contributed by atoms with Crippen molar-refractivity contribution < 1.29 is 13.6 Å². The summed E-state index contributed by atoms with van der Waals surface area (Å²) < 4.78 is 29.4. The third kappa shape index (κ3) is 3.74. The fourth-order valence-corrected chi connectivity index (χ4v) is 3.59. The average Bonchev–Trinajstić information content (AvgIpc) is 3.10. The van der Waals surface area contributed by atoms with Gasteiger partial charge in [0.2, 0.25) is 0 Å². The van der Waals surface area contributed by atoms with Crippen molar-refractivity contribution in [2.24, 2.45) is 0 Å². The molecule has 1 atom stereocenters. The van der Waals surface area contributed by atoms with Crippen LogP contribution in [0.15, 0.2) is 54.7 Å². The summed E-state index contributed by atoms with van der Waals surface area (Å²) in [5, 5.41) is 9.58. The smallest absolute Gasteiger partial charge is 0.319 e. The molecule has 2 N–H and O–H groups in total. The molecule has 1 heterocycles. The van der Waals surface area contributed by atoms with Crippen molar-refractivity contribution in [2.45, 2.75) is 31.8 Å². The number of nitrogens with zero attached hydrogens (tertiary/aromatic N) is 2. The number of benzene rings is 2. The molecule has 0 aliphatic heterocycles. The lowest BCUT2D eigenvalue weighted by atomic mass is 9.93. The van der Waals surface area contributed by atoms with E-state index in [2.05, 4.69) is 15.7 Å². The van der Waals surface area contributed by atoms with Crippen molar-refractivity contribution in [3.05, 3.63) is 83.2 Å². The van der Waals surface area contributed by atoms with E-state index in [1.165, 1.54) is 6.07 Å². The molecule has 0 fully saturated rings. The molecule has 3 aromatic rings. The van der Waals surface area contributed by atoms with E-state index in [0.29, 0.717) is 6.54 Å². The Balaban J connectivity index is 1.48. The Labute approximate surface area is 161 Å². The number of carbonyl (C=O) groups excluding carboxylic acids is 1. The van der Waals surface area contributed by atoms with Crippen LogP contribution in [0, 0.1) is 11.6 Å². The molecule has 0 saturated heterocycles. The lowest BCUT2D eigenvalue weighted by Crippen LogP contribution is -2.34. The first-order chi connectivity index (χ1) is 13.6. The quantitative estimate of drug-likeness (QED) is 0.702. The number of anilines is 1.